The maximum absolute atomic E-state index is 4.74. The highest BCUT2D eigenvalue weighted by atomic mass is 32.2. The van der Waals surface area contributed by atoms with Crippen molar-refractivity contribution in [3.8, 4) is 0 Å². The van der Waals surface area contributed by atoms with E-state index in [0.29, 0.717) is 0 Å². The first-order chi connectivity index (χ1) is 7.90. The molecule has 0 aromatic carbocycles. The highest BCUT2D eigenvalue weighted by Crippen LogP contribution is 2.22. The summed E-state index contributed by atoms with van der Waals surface area (Å²) in [6.07, 6.45) is 4.92. The number of nitrogens with two attached hydrogens (primary N) is 1. The zero-order chi connectivity index (χ0) is 11.2. The lowest BCUT2D eigenvalue weighted by molar-refractivity contribution is -0.195. The molecule has 0 saturated heterocycles. The summed E-state index contributed by atoms with van der Waals surface area (Å²) in [5.41, 5.74) is 2.30. The van der Waals surface area contributed by atoms with E-state index in [9.17, 15) is 0 Å². The molecule has 1 aromatic rings. The maximum Gasteiger partial charge on any atom is 0.0719 e. The van der Waals surface area contributed by atoms with E-state index in [1.165, 1.54) is 5.57 Å². The molecule has 0 saturated carbocycles. The van der Waals surface area contributed by atoms with Crippen molar-refractivity contribution >= 4 is 17.6 Å². The number of rotatable bonds is 4. The van der Waals surface area contributed by atoms with Crippen molar-refractivity contribution in [2.24, 2.45) is 5.90 Å². The second-order valence-electron chi connectivity index (χ2n) is 3.31. The zero-order valence-corrected chi connectivity index (χ0v) is 9.50. The second kappa shape index (κ2) is 5.97. The fourth-order valence-electron chi connectivity index (χ4n) is 1.53. The van der Waals surface area contributed by atoms with Gasteiger partial charge in [0.1, 0.15) is 0 Å². The van der Waals surface area contributed by atoms with Crippen molar-refractivity contribution in [3.63, 3.8) is 0 Å². The molecule has 0 spiro atoms. The average Bonchev–Trinajstić information content (AvgIpc) is 2.38. The van der Waals surface area contributed by atoms with E-state index in [4.69, 9.17) is 5.90 Å². The molecule has 0 atom stereocenters. The lowest BCUT2D eigenvalue weighted by Gasteiger charge is -2.13. The Hall–Kier alpha value is -0.920. The number of nitrogens with zero attached hydrogens (tertiary/aromatic N) is 1. The summed E-state index contributed by atoms with van der Waals surface area (Å²) in [4.78, 5) is 9.22. The molecule has 3 N–H and O–H groups in total. The highest BCUT2D eigenvalue weighted by molar-refractivity contribution is 7.94. The lowest BCUT2D eigenvalue weighted by Crippen LogP contribution is -2.20. The van der Waals surface area contributed by atoms with Crippen LogP contribution in [0.15, 0.2) is 29.3 Å². The van der Waals surface area contributed by atoms with Gasteiger partial charge in [-0.3, -0.25) is 4.98 Å². The lowest BCUT2D eigenvalue weighted by atomic mass is 10.1. The van der Waals surface area contributed by atoms with Crippen molar-refractivity contribution in [3.05, 3.63) is 30.1 Å². The number of pyridine rings is 1. The van der Waals surface area contributed by atoms with Crippen molar-refractivity contribution in [1.29, 1.82) is 0 Å². The minimum Gasteiger partial charge on any atom is -0.313 e. The summed E-state index contributed by atoms with van der Waals surface area (Å²) in [5.74, 6) is 4.74. The summed E-state index contributed by atoms with van der Waals surface area (Å²) < 4.78 is 4.53. The summed E-state index contributed by atoms with van der Waals surface area (Å²) >= 11 is 1.03. The van der Waals surface area contributed by atoms with Crippen molar-refractivity contribution in [2.45, 2.75) is 11.3 Å². The number of nitrogens with one attached hydrogen (secondary N) is 1. The minimum absolute atomic E-state index is 0.851. The van der Waals surface area contributed by atoms with E-state index in [1.807, 2.05) is 12.1 Å². The smallest absolute Gasteiger partial charge is 0.0719 e. The van der Waals surface area contributed by atoms with Crippen LogP contribution in [-0.4, -0.2) is 18.1 Å². The van der Waals surface area contributed by atoms with Gasteiger partial charge in [0.2, 0.25) is 0 Å². The maximum atomic E-state index is 4.74. The number of hydrogen-bond donors (Lipinski definition) is 2. The molecule has 1 aliphatic heterocycles. The molecule has 86 valence electrons. The number of hydrogen-bond acceptors (Lipinski definition) is 6. The Morgan fingerprint density at radius 3 is 3.00 bits per heavy atom. The first-order valence-electron chi connectivity index (χ1n) is 4.96. The first kappa shape index (κ1) is 11.6. The molecule has 1 aromatic heterocycles. The molecule has 0 amide bonds. The molecule has 5 nitrogen and oxygen atoms in total. The molecule has 0 fully saturated rings. The van der Waals surface area contributed by atoms with Crippen molar-refractivity contribution in [1.82, 2.24) is 10.3 Å². The summed E-state index contributed by atoms with van der Waals surface area (Å²) in [6, 6.07) is 3.90. The first-order valence-corrected chi connectivity index (χ1v) is 5.70. The highest BCUT2D eigenvalue weighted by Gasteiger charge is 2.07. The molecular formula is C10H13N3O2S. The Morgan fingerprint density at radius 1 is 1.44 bits per heavy atom. The van der Waals surface area contributed by atoms with Gasteiger partial charge in [0, 0.05) is 12.7 Å². The standard InChI is InChI=1S/C10H13N3O2S/c11-14-15-16-9-1-2-10(13-7-9)8-3-5-12-6-4-8/h1-3,7,12H,4-6,11H2. The number of aromatic nitrogens is 1. The zero-order valence-electron chi connectivity index (χ0n) is 8.68. The van der Waals surface area contributed by atoms with Crippen LogP contribution in [0.3, 0.4) is 0 Å². The Bertz CT molecular complexity index is 367. The van der Waals surface area contributed by atoms with Crippen LogP contribution < -0.4 is 11.2 Å². The Morgan fingerprint density at radius 2 is 2.38 bits per heavy atom. The van der Waals surface area contributed by atoms with Crippen LogP contribution in [0.25, 0.3) is 5.57 Å². The van der Waals surface area contributed by atoms with Crippen LogP contribution in [0.2, 0.25) is 0 Å². The van der Waals surface area contributed by atoms with Crippen LogP contribution in [0, 0.1) is 0 Å². The van der Waals surface area contributed by atoms with Gasteiger partial charge >= 0.3 is 0 Å². The molecule has 2 rings (SSSR count). The van der Waals surface area contributed by atoms with E-state index in [-0.39, 0.29) is 0 Å². The van der Waals surface area contributed by atoms with Gasteiger partial charge in [-0.2, -0.15) is 5.90 Å². The Labute approximate surface area is 98.1 Å². The summed E-state index contributed by atoms with van der Waals surface area (Å²) in [6.45, 7) is 1.92. The van der Waals surface area contributed by atoms with Crippen molar-refractivity contribution in [2.75, 3.05) is 13.1 Å². The SMILES string of the molecule is NOOSc1ccc(C2=CCNCC2)nc1. The van der Waals surface area contributed by atoms with E-state index in [2.05, 4.69) is 25.7 Å². The quantitative estimate of drug-likeness (QED) is 0.469. The summed E-state index contributed by atoms with van der Waals surface area (Å²) in [5, 5.41) is 3.27. The van der Waals surface area contributed by atoms with Crippen LogP contribution in [0.1, 0.15) is 12.1 Å². The van der Waals surface area contributed by atoms with Gasteiger partial charge in [-0.25, -0.2) is 0 Å². The molecule has 0 radical (unpaired) electrons. The molecule has 0 unspecified atom stereocenters. The van der Waals surface area contributed by atoms with Gasteiger partial charge in [0.05, 0.1) is 22.6 Å². The third kappa shape index (κ3) is 3.03. The fourth-order valence-corrected chi connectivity index (χ4v) is 1.87. The predicted molar refractivity (Wildman–Crippen MR) is 61.9 cm³/mol. The summed E-state index contributed by atoms with van der Waals surface area (Å²) in [7, 11) is 0. The normalized spacial score (nSPS) is 15.9. The van der Waals surface area contributed by atoms with Crippen LogP contribution in [-0.2, 0) is 9.32 Å². The van der Waals surface area contributed by atoms with Gasteiger partial charge in [0.15, 0.2) is 0 Å². The Kier molecular flexibility index (Phi) is 4.32. The average molecular weight is 239 g/mol. The van der Waals surface area contributed by atoms with Gasteiger partial charge in [0.25, 0.3) is 0 Å². The van der Waals surface area contributed by atoms with Crippen LogP contribution in [0.4, 0.5) is 0 Å². The van der Waals surface area contributed by atoms with Crippen LogP contribution >= 0.6 is 12.0 Å². The third-order valence-electron chi connectivity index (χ3n) is 2.30. The van der Waals surface area contributed by atoms with E-state index >= 15 is 0 Å². The van der Waals surface area contributed by atoms with E-state index < -0.39 is 0 Å². The molecular weight excluding hydrogens is 226 g/mol. The molecule has 16 heavy (non-hydrogen) atoms. The Balaban J connectivity index is 2.03. The van der Waals surface area contributed by atoms with E-state index in [1.54, 1.807) is 6.20 Å². The third-order valence-corrected chi connectivity index (χ3v) is 2.88. The van der Waals surface area contributed by atoms with Crippen LogP contribution in [0.5, 0.6) is 0 Å². The molecule has 1 aliphatic rings. The van der Waals surface area contributed by atoms with Gasteiger partial charge in [-0.05, 0) is 30.7 Å². The second-order valence-corrected chi connectivity index (χ2v) is 4.08. The topological polar surface area (TPSA) is 69.4 Å². The van der Waals surface area contributed by atoms with Gasteiger partial charge < -0.3 is 5.32 Å². The predicted octanol–water partition coefficient (Wildman–Crippen LogP) is 1.29. The van der Waals surface area contributed by atoms with Gasteiger partial charge in [-0.15, -0.1) is 9.32 Å². The molecule has 0 aliphatic carbocycles. The molecule has 6 heteroatoms. The van der Waals surface area contributed by atoms with E-state index in [0.717, 1.165) is 42.1 Å². The minimum atomic E-state index is 0.851. The molecule has 2 heterocycles. The molecule has 0 bridgehead atoms. The van der Waals surface area contributed by atoms with Crippen molar-refractivity contribution < 1.29 is 9.32 Å². The largest absolute Gasteiger partial charge is 0.313 e. The fraction of sp³-hybridized carbons (Fsp3) is 0.300. The monoisotopic (exact) mass is 239 g/mol. The van der Waals surface area contributed by atoms with Gasteiger partial charge in [-0.1, -0.05) is 6.08 Å².